The molecule has 0 spiro atoms. The minimum atomic E-state index is 0.226. The molecule has 0 saturated carbocycles. The molecule has 0 aromatic carbocycles. The molecule has 0 saturated heterocycles. The molecule has 11 heavy (non-hydrogen) atoms. The summed E-state index contributed by atoms with van der Waals surface area (Å²) in [5.41, 5.74) is 10.5. The molecule has 0 aliphatic carbocycles. The van der Waals surface area contributed by atoms with Crippen LogP contribution in [0.4, 0.5) is 0 Å². The average molecular weight is 175 g/mol. The van der Waals surface area contributed by atoms with Gasteiger partial charge in [0.05, 0.1) is 0 Å². The number of hydrogen-bond donors (Lipinski definition) is 3. The Kier molecular flexibility index (Phi) is 7.72. The van der Waals surface area contributed by atoms with E-state index < -0.39 is 0 Å². The van der Waals surface area contributed by atoms with Crippen molar-refractivity contribution in [1.29, 1.82) is 5.41 Å². The molecule has 3 nitrogen and oxygen atoms in total. The molecular weight excluding hydrogens is 158 g/mol. The van der Waals surface area contributed by atoms with Gasteiger partial charge in [-0.25, -0.2) is 0 Å². The van der Waals surface area contributed by atoms with E-state index in [9.17, 15) is 0 Å². The van der Waals surface area contributed by atoms with Gasteiger partial charge in [0, 0.05) is 5.75 Å². The normalized spacial score (nSPS) is 9.91. The summed E-state index contributed by atoms with van der Waals surface area (Å²) in [5, 5.41) is 7.16. The number of thioether (sulfide) groups is 1. The number of unbranched alkanes of at least 4 members (excludes halogenated alkanes) is 3. The first kappa shape index (κ1) is 10.8. The monoisotopic (exact) mass is 175 g/mol. The van der Waals surface area contributed by atoms with Crippen molar-refractivity contribution in [3.05, 3.63) is 0 Å². The number of nitrogens with one attached hydrogen (secondary N) is 1. The molecule has 0 amide bonds. The van der Waals surface area contributed by atoms with Crippen LogP contribution in [0.15, 0.2) is 0 Å². The predicted molar refractivity (Wildman–Crippen MR) is 51.9 cm³/mol. The van der Waals surface area contributed by atoms with Crippen LogP contribution in [0.2, 0.25) is 0 Å². The van der Waals surface area contributed by atoms with E-state index in [0.29, 0.717) is 0 Å². The van der Waals surface area contributed by atoms with Crippen LogP contribution < -0.4 is 11.5 Å². The fourth-order valence-corrected chi connectivity index (χ4v) is 1.35. The highest BCUT2D eigenvalue weighted by Crippen LogP contribution is 2.05. The van der Waals surface area contributed by atoms with E-state index in [4.69, 9.17) is 16.9 Å². The second kappa shape index (κ2) is 7.88. The lowest BCUT2D eigenvalue weighted by Crippen LogP contribution is -2.04. The Labute approximate surface area is 72.4 Å². The lowest BCUT2D eigenvalue weighted by atomic mass is 10.2. The minimum absolute atomic E-state index is 0.226. The maximum atomic E-state index is 6.93. The summed E-state index contributed by atoms with van der Waals surface area (Å²) in [5.74, 6) is 0.972. The summed E-state index contributed by atoms with van der Waals surface area (Å²) in [7, 11) is 0. The van der Waals surface area contributed by atoms with E-state index in [1.165, 1.54) is 24.6 Å². The third kappa shape index (κ3) is 9.78. The maximum Gasteiger partial charge on any atom is 0.151 e. The molecule has 4 heteroatoms. The zero-order chi connectivity index (χ0) is 8.53. The summed E-state index contributed by atoms with van der Waals surface area (Å²) in [4.78, 5) is 0. The first-order valence-electron chi connectivity index (χ1n) is 3.94. The second-order valence-corrected chi connectivity index (χ2v) is 3.55. The Morgan fingerprint density at radius 3 is 2.36 bits per heavy atom. The number of rotatable bonds is 6. The Morgan fingerprint density at radius 2 is 1.82 bits per heavy atom. The first-order valence-corrected chi connectivity index (χ1v) is 4.93. The van der Waals surface area contributed by atoms with Gasteiger partial charge in [-0.2, -0.15) is 0 Å². The van der Waals surface area contributed by atoms with Crippen LogP contribution in [0.5, 0.6) is 0 Å². The van der Waals surface area contributed by atoms with Crippen molar-refractivity contribution in [2.24, 2.45) is 11.5 Å². The van der Waals surface area contributed by atoms with Gasteiger partial charge < -0.3 is 11.5 Å². The van der Waals surface area contributed by atoms with E-state index >= 15 is 0 Å². The van der Waals surface area contributed by atoms with Crippen LogP contribution in [-0.2, 0) is 0 Å². The van der Waals surface area contributed by atoms with Gasteiger partial charge in [-0.1, -0.05) is 24.6 Å². The summed E-state index contributed by atoms with van der Waals surface area (Å²) < 4.78 is 0. The molecule has 0 heterocycles. The van der Waals surface area contributed by atoms with Crippen molar-refractivity contribution in [3.8, 4) is 0 Å². The van der Waals surface area contributed by atoms with Crippen molar-refractivity contribution in [1.82, 2.24) is 0 Å². The van der Waals surface area contributed by atoms with Gasteiger partial charge >= 0.3 is 0 Å². The molecule has 0 fully saturated rings. The molecule has 0 atom stereocenters. The van der Waals surface area contributed by atoms with E-state index in [1.54, 1.807) is 0 Å². The molecule has 0 unspecified atom stereocenters. The number of hydrogen-bond acceptors (Lipinski definition) is 3. The Balaban J connectivity index is 2.85. The predicted octanol–water partition coefficient (Wildman–Crippen LogP) is 1.13. The fraction of sp³-hybridized carbons (Fsp3) is 0.857. The smallest absolute Gasteiger partial charge is 0.151 e. The maximum absolute atomic E-state index is 6.93. The Morgan fingerprint density at radius 1 is 1.18 bits per heavy atom. The molecule has 0 radical (unpaired) electrons. The van der Waals surface area contributed by atoms with Gasteiger partial charge in [-0.3, -0.25) is 5.41 Å². The first-order chi connectivity index (χ1) is 5.27. The molecule has 0 bridgehead atoms. The van der Waals surface area contributed by atoms with Gasteiger partial charge in [-0.15, -0.1) is 0 Å². The lowest BCUT2D eigenvalue weighted by molar-refractivity contribution is 0.678. The van der Waals surface area contributed by atoms with E-state index in [2.05, 4.69) is 0 Å². The Bertz CT molecular complexity index is 106. The summed E-state index contributed by atoms with van der Waals surface area (Å²) in [6, 6.07) is 0. The summed E-state index contributed by atoms with van der Waals surface area (Å²) in [6.45, 7) is 0.792. The van der Waals surface area contributed by atoms with E-state index in [-0.39, 0.29) is 5.17 Å². The molecule has 5 N–H and O–H groups in total. The van der Waals surface area contributed by atoms with Crippen LogP contribution in [0.3, 0.4) is 0 Å². The fourth-order valence-electron chi connectivity index (χ4n) is 0.782. The van der Waals surface area contributed by atoms with Crippen molar-refractivity contribution in [2.45, 2.75) is 25.7 Å². The summed E-state index contributed by atoms with van der Waals surface area (Å²) >= 11 is 1.42. The van der Waals surface area contributed by atoms with Crippen LogP contribution in [0.25, 0.3) is 0 Å². The van der Waals surface area contributed by atoms with Crippen molar-refractivity contribution in [2.75, 3.05) is 12.3 Å². The highest BCUT2D eigenvalue weighted by molar-refractivity contribution is 8.13. The van der Waals surface area contributed by atoms with Crippen LogP contribution in [-0.4, -0.2) is 17.5 Å². The molecule has 0 rings (SSSR count). The van der Waals surface area contributed by atoms with Crippen LogP contribution >= 0.6 is 11.8 Å². The summed E-state index contributed by atoms with van der Waals surface area (Å²) in [6.07, 6.45) is 4.67. The zero-order valence-corrected chi connectivity index (χ0v) is 7.62. The van der Waals surface area contributed by atoms with Gasteiger partial charge in [0.15, 0.2) is 5.17 Å². The van der Waals surface area contributed by atoms with Gasteiger partial charge in [-0.05, 0) is 19.4 Å². The Hall–Kier alpha value is -0.220. The highest BCUT2D eigenvalue weighted by Gasteiger charge is 1.91. The standard InChI is InChI=1S/C7H17N3S/c8-5-3-1-2-4-6-11-7(9)10/h1-6,8H2,(H3,9,10). The van der Waals surface area contributed by atoms with Crippen LogP contribution in [0.1, 0.15) is 25.7 Å². The molecular formula is C7H17N3S. The van der Waals surface area contributed by atoms with Gasteiger partial charge in [0.2, 0.25) is 0 Å². The van der Waals surface area contributed by atoms with Crippen molar-refractivity contribution < 1.29 is 0 Å². The zero-order valence-electron chi connectivity index (χ0n) is 6.81. The number of amidine groups is 1. The average Bonchev–Trinajstić information content (AvgIpc) is 1.96. The molecule has 0 aromatic rings. The SMILES string of the molecule is N=C(N)SCCCCCCN. The molecule has 0 aliphatic heterocycles. The van der Waals surface area contributed by atoms with Crippen LogP contribution in [0, 0.1) is 5.41 Å². The van der Waals surface area contributed by atoms with Gasteiger partial charge in [0.25, 0.3) is 0 Å². The number of nitrogens with two attached hydrogens (primary N) is 2. The third-order valence-corrected chi connectivity index (χ3v) is 2.16. The second-order valence-electron chi connectivity index (χ2n) is 2.42. The minimum Gasteiger partial charge on any atom is -0.379 e. The lowest BCUT2D eigenvalue weighted by Gasteiger charge is -1.98. The van der Waals surface area contributed by atoms with Crippen molar-refractivity contribution >= 4 is 16.9 Å². The van der Waals surface area contributed by atoms with Gasteiger partial charge in [0.1, 0.15) is 0 Å². The highest BCUT2D eigenvalue weighted by atomic mass is 32.2. The van der Waals surface area contributed by atoms with E-state index in [1.807, 2.05) is 0 Å². The quantitative estimate of drug-likeness (QED) is 0.322. The largest absolute Gasteiger partial charge is 0.379 e. The third-order valence-electron chi connectivity index (χ3n) is 1.36. The van der Waals surface area contributed by atoms with E-state index in [0.717, 1.165) is 25.1 Å². The molecule has 66 valence electrons. The topological polar surface area (TPSA) is 75.9 Å². The molecule has 0 aromatic heterocycles. The molecule has 0 aliphatic rings. The van der Waals surface area contributed by atoms with Crippen molar-refractivity contribution in [3.63, 3.8) is 0 Å².